The molecule has 24 heavy (non-hydrogen) atoms. The number of benzene rings is 2. The summed E-state index contributed by atoms with van der Waals surface area (Å²) < 4.78 is 6.98. The van der Waals surface area contributed by atoms with Crippen LogP contribution in [0.25, 0.3) is 0 Å². The summed E-state index contributed by atoms with van der Waals surface area (Å²) in [6.07, 6.45) is 3.13. The Morgan fingerprint density at radius 1 is 1.00 bits per heavy atom. The molecule has 0 aliphatic carbocycles. The number of hydrogen-bond acceptors (Lipinski definition) is 4. The number of Topliss-reactive ketones (excluding diaryl/α,β-unsaturated/α-hetero) is 1. The second-order valence-electron chi connectivity index (χ2n) is 5.38. The number of ether oxygens (including phenoxy) is 1. The summed E-state index contributed by atoms with van der Waals surface area (Å²) in [5, 5.41) is 4.18. The molecule has 0 radical (unpaired) electrons. The number of nitrogens with zero attached hydrogens (tertiary/aromatic N) is 2. The number of esters is 1. The van der Waals surface area contributed by atoms with E-state index in [4.69, 9.17) is 4.74 Å². The molecule has 5 nitrogen and oxygen atoms in total. The van der Waals surface area contributed by atoms with Crippen LogP contribution in [0.3, 0.4) is 0 Å². The van der Waals surface area contributed by atoms with Gasteiger partial charge in [-0.2, -0.15) is 5.10 Å². The van der Waals surface area contributed by atoms with Crippen molar-refractivity contribution < 1.29 is 14.3 Å². The highest BCUT2D eigenvalue weighted by Crippen LogP contribution is 2.15. The van der Waals surface area contributed by atoms with Crippen LogP contribution < -0.4 is 4.74 Å². The van der Waals surface area contributed by atoms with Crippen molar-refractivity contribution in [3.63, 3.8) is 0 Å². The van der Waals surface area contributed by atoms with Crippen LogP contribution in [0.1, 0.15) is 33.2 Å². The SMILES string of the molecule is CC(=O)c1ccc(OC(=O)c2cnn(Cc3ccccc3)c2)cc1. The molecule has 1 aromatic heterocycles. The molecule has 0 bridgehead atoms. The summed E-state index contributed by atoms with van der Waals surface area (Å²) in [5.41, 5.74) is 2.05. The van der Waals surface area contributed by atoms with Crippen molar-refractivity contribution in [2.45, 2.75) is 13.5 Å². The van der Waals surface area contributed by atoms with E-state index >= 15 is 0 Å². The molecule has 0 atom stereocenters. The topological polar surface area (TPSA) is 61.2 Å². The molecular weight excluding hydrogens is 304 g/mol. The van der Waals surface area contributed by atoms with Crippen molar-refractivity contribution in [3.8, 4) is 5.75 Å². The molecule has 0 saturated heterocycles. The fourth-order valence-electron chi connectivity index (χ4n) is 2.25. The summed E-state index contributed by atoms with van der Waals surface area (Å²) in [6.45, 7) is 2.07. The van der Waals surface area contributed by atoms with Gasteiger partial charge in [0.05, 0.1) is 18.3 Å². The molecule has 2 aromatic carbocycles. The van der Waals surface area contributed by atoms with Crippen LogP contribution in [-0.4, -0.2) is 21.5 Å². The molecule has 0 N–H and O–H groups in total. The highest BCUT2D eigenvalue weighted by molar-refractivity contribution is 5.94. The molecule has 0 fully saturated rings. The molecular formula is C19H16N2O3. The summed E-state index contributed by atoms with van der Waals surface area (Å²) in [7, 11) is 0. The molecule has 3 rings (SSSR count). The van der Waals surface area contributed by atoms with Gasteiger partial charge in [-0.3, -0.25) is 9.48 Å². The van der Waals surface area contributed by atoms with Gasteiger partial charge in [-0.05, 0) is 36.8 Å². The summed E-state index contributed by atoms with van der Waals surface area (Å²) in [4.78, 5) is 23.4. The highest BCUT2D eigenvalue weighted by atomic mass is 16.5. The number of aromatic nitrogens is 2. The van der Waals surface area contributed by atoms with Crippen LogP contribution in [0.15, 0.2) is 67.0 Å². The predicted molar refractivity (Wildman–Crippen MR) is 89.2 cm³/mol. The van der Waals surface area contributed by atoms with E-state index in [0.717, 1.165) is 5.56 Å². The molecule has 1 heterocycles. The van der Waals surface area contributed by atoms with E-state index in [9.17, 15) is 9.59 Å². The van der Waals surface area contributed by atoms with Crippen molar-refractivity contribution in [2.24, 2.45) is 0 Å². The van der Waals surface area contributed by atoms with Crippen molar-refractivity contribution in [2.75, 3.05) is 0 Å². The van der Waals surface area contributed by atoms with Gasteiger partial charge in [0.15, 0.2) is 5.78 Å². The highest BCUT2D eigenvalue weighted by Gasteiger charge is 2.12. The van der Waals surface area contributed by atoms with Crippen LogP contribution in [0, 0.1) is 0 Å². The van der Waals surface area contributed by atoms with Gasteiger partial charge in [0.2, 0.25) is 0 Å². The van der Waals surface area contributed by atoms with Crippen molar-refractivity contribution in [1.82, 2.24) is 9.78 Å². The van der Waals surface area contributed by atoms with Crippen LogP contribution in [0.4, 0.5) is 0 Å². The third kappa shape index (κ3) is 3.76. The van der Waals surface area contributed by atoms with Crippen molar-refractivity contribution >= 4 is 11.8 Å². The van der Waals surface area contributed by atoms with Gasteiger partial charge in [-0.15, -0.1) is 0 Å². The van der Waals surface area contributed by atoms with Gasteiger partial charge < -0.3 is 4.74 Å². The predicted octanol–water partition coefficient (Wildman–Crippen LogP) is 3.35. The van der Waals surface area contributed by atoms with Gasteiger partial charge in [-0.25, -0.2) is 4.79 Å². The van der Waals surface area contributed by atoms with Crippen LogP contribution in [0.2, 0.25) is 0 Å². The first kappa shape index (κ1) is 15.7. The number of hydrogen-bond donors (Lipinski definition) is 0. The molecule has 0 spiro atoms. The van der Waals surface area contributed by atoms with Crippen LogP contribution >= 0.6 is 0 Å². The molecule has 3 aromatic rings. The van der Waals surface area contributed by atoms with Crippen molar-refractivity contribution in [1.29, 1.82) is 0 Å². The Bertz CT molecular complexity index is 852. The average molecular weight is 320 g/mol. The Morgan fingerprint density at radius 2 is 1.71 bits per heavy atom. The Balaban J connectivity index is 1.66. The zero-order chi connectivity index (χ0) is 16.9. The van der Waals surface area contributed by atoms with E-state index in [1.165, 1.54) is 13.1 Å². The number of carbonyl (C=O) groups excluding carboxylic acids is 2. The molecule has 5 heteroatoms. The number of rotatable bonds is 5. The van der Waals surface area contributed by atoms with Crippen LogP contribution in [0.5, 0.6) is 5.75 Å². The lowest BCUT2D eigenvalue weighted by atomic mass is 10.1. The molecule has 120 valence electrons. The second-order valence-corrected chi connectivity index (χ2v) is 5.38. The minimum absolute atomic E-state index is 0.0323. The quantitative estimate of drug-likeness (QED) is 0.411. The third-order valence-corrected chi connectivity index (χ3v) is 3.53. The Labute approximate surface area is 139 Å². The zero-order valence-corrected chi connectivity index (χ0v) is 13.2. The average Bonchev–Trinajstić information content (AvgIpc) is 3.05. The fraction of sp³-hybridized carbons (Fsp3) is 0.105. The zero-order valence-electron chi connectivity index (χ0n) is 13.2. The molecule has 0 saturated carbocycles. The molecule has 0 aliphatic heterocycles. The monoisotopic (exact) mass is 320 g/mol. The number of carbonyl (C=O) groups is 2. The standard InChI is InChI=1S/C19H16N2O3/c1-14(22)16-7-9-18(10-8-16)24-19(23)17-11-20-21(13-17)12-15-5-3-2-4-6-15/h2-11,13H,12H2,1H3. The molecule has 0 unspecified atom stereocenters. The largest absolute Gasteiger partial charge is 0.423 e. The lowest BCUT2D eigenvalue weighted by Gasteiger charge is -2.03. The first-order valence-corrected chi connectivity index (χ1v) is 7.51. The van der Waals surface area contributed by atoms with E-state index in [-0.39, 0.29) is 5.78 Å². The first-order chi connectivity index (χ1) is 11.6. The van der Waals surface area contributed by atoms with E-state index in [1.54, 1.807) is 35.1 Å². The van der Waals surface area contributed by atoms with E-state index in [0.29, 0.717) is 23.4 Å². The maximum Gasteiger partial charge on any atom is 0.346 e. The lowest BCUT2D eigenvalue weighted by Crippen LogP contribution is -2.08. The van der Waals surface area contributed by atoms with Crippen molar-refractivity contribution in [3.05, 3.63) is 83.7 Å². The Morgan fingerprint density at radius 3 is 2.38 bits per heavy atom. The lowest BCUT2D eigenvalue weighted by molar-refractivity contribution is 0.0734. The smallest absolute Gasteiger partial charge is 0.346 e. The maximum atomic E-state index is 12.2. The summed E-state index contributed by atoms with van der Waals surface area (Å²) in [5.74, 6) is -0.124. The maximum absolute atomic E-state index is 12.2. The van der Waals surface area contributed by atoms with Gasteiger partial charge in [0.1, 0.15) is 5.75 Å². The van der Waals surface area contributed by atoms with Gasteiger partial charge in [-0.1, -0.05) is 30.3 Å². The third-order valence-electron chi connectivity index (χ3n) is 3.53. The van der Waals surface area contributed by atoms with E-state index in [1.807, 2.05) is 30.3 Å². The van der Waals surface area contributed by atoms with Gasteiger partial charge in [0.25, 0.3) is 0 Å². The summed E-state index contributed by atoms with van der Waals surface area (Å²) >= 11 is 0. The first-order valence-electron chi connectivity index (χ1n) is 7.51. The minimum atomic E-state index is -0.482. The summed E-state index contributed by atoms with van der Waals surface area (Å²) in [6, 6.07) is 16.3. The normalized spacial score (nSPS) is 10.4. The molecule has 0 amide bonds. The fourth-order valence-corrected chi connectivity index (χ4v) is 2.25. The van der Waals surface area contributed by atoms with E-state index < -0.39 is 5.97 Å². The van der Waals surface area contributed by atoms with Gasteiger partial charge >= 0.3 is 5.97 Å². The Kier molecular flexibility index (Phi) is 4.52. The Hall–Kier alpha value is -3.21. The molecule has 0 aliphatic rings. The second kappa shape index (κ2) is 6.91. The minimum Gasteiger partial charge on any atom is -0.423 e. The van der Waals surface area contributed by atoms with Crippen LogP contribution in [-0.2, 0) is 6.54 Å². The number of ketones is 1. The van der Waals surface area contributed by atoms with Gasteiger partial charge in [0, 0.05) is 11.8 Å². The van der Waals surface area contributed by atoms with E-state index in [2.05, 4.69) is 5.10 Å².